The molecule has 0 aliphatic carbocycles. The van der Waals surface area contributed by atoms with Gasteiger partial charge in [0.15, 0.2) is 0 Å². The summed E-state index contributed by atoms with van der Waals surface area (Å²) in [6, 6.07) is 6.34. The van der Waals surface area contributed by atoms with Crippen LogP contribution in [-0.2, 0) is 26.2 Å². The van der Waals surface area contributed by atoms with Crippen molar-refractivity contribution < 1.29 is 18.0 Å². The Kier molecular flexibility index (Phi) is 11.0. The average Bonchev–Trinajstić information content (AvgIpc) is 2.75. The fourth-order valence-corrected chi connectivity index (χ4v) is 5.30. The Morgan fingerprint density at radius 3 is 2.03 bits per heavy atom. The van der Waals surface area contributed by atoms with E-state index in [4.69, 9.17) is 58.0 Å². The highest BCUT2D eigenvalue weighted by atomic mass is 35.5. The molecule has 1 N–H and O–H groups in total. The van der Waals surface area contributed by atoms with Crippen LogP contribution in [0.15, 0.2) is 30.3 Å². The molecule has 0 aliphatic rings. The summed E-state index contributed by atoms with van der Waals surface area (Å²) in [7, 11) is -3.99. The number of nitrogens with zero attached hydrogens (tertiary/aromatic N) is 2. The maximum absolute atomic E-state index is 13.7. The predicted octanol–water partition coefficient (Wildman–Crippen LogP) is 6.05. The van der Waals surface area contributed by atoms with Crippen LogP contribution in [0, 0.1) is 0 Å². The standard InChI is InChI=1S/C23H26Cl5N3O4S/c1-5-20(23(33)29-13(2)3)30(11-14-6-7-15(24)16(25)8-14)22(32)12-31(36(4,34)35)21-10-18(27)17(26)9-19(21)28/h6-10,13,20H,5,11-12H2,1-4H3,(H,29,33)/t20-/m1/s1. The Morgan fingerprint density at radius 2 is 1.50 bits per heavy atom. The van der Waals surface area contributed by atoms with Crippen LogP contribution in [0.1, 0.15) is 32.8 Å². The van der Waals surface area contributed by atoms with Gasteiger partial charge in [-0.05, 0) is 50.1 Å². The molecule has 0 saturated heterocycles. The van der Waals surface area contributed by atoms with Gasteiger partial charge < -0.3 is 10.2 Å². The molecule has 0 aliphatic heterocycles. The molecule has 0 aromatic heterocycles. The molecule has 2 aromatic rings. The lowest BCUT2D eigenvalue weighted by atomic mass is 10.1. The number of hydrogen-bond acceptors (Lipinski definition) is 4. The maximum atomic E-state index is 13.7. The van der Waals surface area contributed by atoms with Crippen LogP contribution < -0.4 is 9.62 Å². The number of amides is 2. The van der Waals surface area contributed by atoms with Crippen molar-refractivity contribution in [3.8, 4) is 0 Å². The SMILES string of the molecule is CC[C@H](C(=O)NC(C)C)N(Cc1ccc(Cl)c(Cl)c1)C(=O)CN(c1cc(Cl)c(Cl)cc1Cl)S(C)(=O)=O. The Bertz CT molecular complexity index is 1240. The molecule has 36 heavy (non-hydrogen) atoms. The number of carbonyl (C=O) groups is 2. The number of anilines is 1. The molecular weight excluding hydrogens is 592 g/mol. The van der Waals surface area contributed by atoms with E-state index in [9.17, 15) is 18.0 Å². The zero-order valence-corrected chi connectivity index (χ0v) is 24.6. The molecule has 0 unspecified atom stereocenters. The van der Waals surface area contributed by atoms with Crippen molar-refractivity contribution in [1.29, 1.82) is 0 Å². The smallest absolute Gasteiger partial charge is 0.244 e. The van der Waals surface area contributed by atoms with Gasteiger partial charge in [-0.25, -0.2) is 8.42 Å². The molecule has 2 rings (SSSR count). The fourth-order valence-electron chi connectivity index (χ4n) is 3.43. The molecule has 13 heteroatoms. The van der Waals surface area contributed by atoms with Crippen LogP contribution >= 0.6 is 58.0 Å². The molecular formula is C23H26Cl5N3O4S. The third-order valence-electron chi connectivity index (χ3n) is 5.09. The van der Waals surface area contributed by atoms with Crippen molar-refractivity contribution in [3.63, 3.8) is 0 Å². The molecule has 198 valence electrons. The van der Waals surface area contributed by atoms with Gasteiger partial charge in [-0.2, -0.15) is 0 Å². The van der Waals surface area contributed by atoms with Gasteiger partial charge in [0.05, 0.1) is 37.1 Å². The quantitative estimate of drug-likeness (QED) is 0.329. The van der Waals surface area contributed by atoms with Crippen LogP contribution in [0.25, 0.3) is 0 Å². The second kappa shape index (κ2) is 12.9. The minimum absolute atomic E-state index is 0.0109. The number of hydrogen-bond donors (Lipinski definition) is 1. The van der Waals surface area contributed by atoms with Crippen LogP contribution in [0.5, 0.6) is 0 Å². The van der Waals surface area contributed by atoms with Crippen molar-refractivity contribution in [2.45, 2.75) is 45.8 Å². The first kappa shape index (κ1) is 30.8. The van der Waals surface area contributed by atoms with E-state index in [0.29, 0.717) is 10.6 Å². The van der Waals surface area contributed by atoms with Gasteiger partial charge >= 0.3 is 0 Å². The highest BCUT2D eigenvalue weighted by Crippen LogP contribution is 2.35. The summed E-state index contributed by atoms with van der Waals surface area (Å²) in [5, 5.41) is 3.60. The molecule has 0 spiro atoms. The summed E-state index contributed by atoms with van der Waals surface area (Å²) >= 11 is 30.5. The predicted molar refractivity (Wildman–Crippen MR) is 148 cm³/mol. The van der Waals surface area contributed by atoms with Crippen molar-refractivity contribution in [3.05, 3.63) is 61.0 Å². The van der Waals surface area contributed by atoms with E-state index in [-0.39, 0.29) is 50.7 Å². The number of sulfonamides is 1. The van der Waals surface area contributed by atoms with E-state index in [1.54, 1.807) is 39.0 Å². The zero-order valence-electron chi connectivity index (χ0n) is 20.0. The fraction of sp³-hybridized carbons (Fsp3) is 0.391. The van der Waals surface area contributed by atoms with Crippen molar-refractivity contribution in [1.82, 2.24) is 10.2 Å². The number of halogens is 5. The van der Waals surface area contributed by atoms with Gasteiger partial charge in [-0.15, -0.1) is 0 Å². The molecule has 0 heterocycles. The van der Waals surface area contributed by atoms with Gasteiger partial charge in [0, 0.05) is 12.6 Å². The molecule has 2 aromatic carbocycles. The lowest BCUT2D eigenvalue weighted by molar-refractivity contribution is -0.140. The van der Waals surface area contributed by atoms with Crippen LogP contribution in [0.3, 0.4) is 0 Å². The highest BCUT2D eigenvalue weighted by Gasteiger charge is 2.32. The molecule has 1 atom stereocenters. The maximum Gasteiger partial charge on any atom is 0.244 e. The Hall–Kier alpha value is -1.42. The van der Waals surface area contributed by atoms with Gasteiger partial charge in [0.2, 0.25) is 21.8 Å². The van der Waals surface area contributed by atoms with E-state index in [1.807, 2.05) is 0 Å². The summed E-state index contributed by atoms with van der Waals surface area (Å²) < 4.78 is 26.2. The Morgan fingerprint density at radius 1 is 0.917 bits per heavy atom. The molecule has 0 fully saturated rings. The monoisotopic (exact) mass is 615 g/mol. The molecule has 7 nitrogen and oxygen atoms in total. The van der Waals surface area contributed by atoms with Gasteiger partial charge in [-0.1, -0.05) is 71.0 Å². The number of nitrogens with one attached hydrogen (secondary N) is 1. The van der Waals surface area contributed by atoms with E-state index in [0.717, 1.165) is 10.6 Å². The third kappa shape index (κ3) is 8.04. The molecule has 0 saturated carbocycles. The first-order valence-corrected chi connectivity index (χ1v) is 14.6. The van der Waals surface area contributed by atoms with Crippen molar-refractivity contribution >= 4 is 85.5 Å². The second-order valence-corrected chi connectivity index (χ2v) is 12.3. The summed E-state index contributed by atoms with van der Waals surface area (Å²) in [4.78, 5) is 28.0. The van der Waals surface area contributed by atoms with Crippen LogP contribution in [0.4, 0.5) is 5.69 Å². The molecule has 0 bridgehead atoms. The Balaban J connectivity index is 2.53. The summed E-state index contributed by atoms with van der Waals surface area (Å²) in [6.45, 7) is 4.69. The third-order valence-corrected chi connectivity index (χ3v) is 7.98. The van der Waals surface area contributed by atoms with Gasteiger partial charge in [0.1, 0.15) is 12.6 Å². The largest absolute Gasteiger partial charge is 0.352 e. The highest BCUT2D eigenvalue weighted by molar-refractivity contribution is 7.92. The van der Waals surface area contributed by atoms with Crippen molar-refractivity contribution in [2.24, 2.45) is 0 Å². The summed E-state index contributed by atoms with van der Waals surface area (Å²) in [6.07, 6.45) is 1.21. The molecule has 2 amide bonds. The van der Waals surface area contributed by atoms with E-state index >= 15 is 0 Å². The Labute approximate surface area is 236 Å². The minimum atomic E-state index is -3.99. The normalized spacial score (nSPS) is 12.4. The first-order chi connectivity index (χ1) is 16.6. The van der Waals surface area contributed by atoms with Crippen LogP contribution in [-0.4, -0.2) is 50.0 Å². The zero-order chi connectivity index (χ0) is 27.4. The summed E-state index contributed by atoms with van der Waals surface area (Å²) in [5.41, 5.74) is 0.586. The van der Waals surface area contributed by atoms with Gasteiger partial charge in [0.25, 0.3) is 0 Å². The first-order valence-electron chi connectivity index (χ1n) is 10.8. The van der Waals surface area contributed by atoms with Gasteiger partial charge in [-0.3, -0.25) is 13.9 Å². The lowest BCUT2D eigenvalue weighted by Gasteiger charge is -2.33. The minimum Gasteiger partial charge on any atom is -0.352 e. The van der Waals surface area contributed by atoms with E-state index in [2.05, 4.69) is 5.32 Å². The number of benzene rings is 2. The second-order valence-electron chi connectivity index (χ2n) is 8.34. The average molecular weight is 618 g/mol. The van der Waals surface area contributed by atoms with Crippen LogP contribution in [0.2, 0.25) is 25.1 Å². The lowest BCUT2D eigenvalue weighted by Crippen LogP contribution is -2.53. The van der Waals surface area contributed by atoms with Crippen molar-refractivity contribution in [2.75, 3.05) is 17.1 Å². The topological polar surface area (TPSA) is 86.8 Å². The van der Waals surface area contributed by atoms with E-state index < -0.39 is 28.5 Å². The number of rotatable bonds is 10. The summed E-state index contributed by atoms with van der Waals surface area (Å²) in [5.74, 6) is -1.02. The molecule has 0 radical (unpaired) electrons. The number of carbonyl (C=O) groups excluding carboxylic acids is 2. The van der Waals surface area contributed by atoms with E-state index in [1.165, 1.54) is 17.0 Å².